The predicted octanol–water partition coefficient (Wildman–Crippen LogP) is 5.76. The van der Waals surface area contributed by atoms with E-state index in [1.165, 1.54) is 12.3 Å². The van der Waals surface area contributed by atoms with E-state index in [9.17, 15) is 9.59 Å². The first-order valence-electron chi connectivity index (χ1n) is 11.2. The van der Waals surface area contributed by atoms with Gasteiger partial charge in [0.05, 0.1) is 24.0 Å². The molecule has 4 aromatic rings. The topological polar surface area (TPSA) is 108 Å². The molecule has 3 aromatic carbocycles. The second-order valence-electron chi connectivity index (χ2n) is 8.02. The van der Waals surface area contributed by atoms with Gasteiger partial charge in [0.1, 0.15) is 5.02 Å². The number of hydrogen-bond donors (Lipinski definition) is 4. The number of aromatic nitrogens is 2. The van der Waals surface area contributed by atoms with Crippen LogP contribution in [0, 0.1) is 0 Å². The summed E-state index contributed by atoms with van der Waals surface area (Å²) < 4.78 is 0. The summed E-state index contributed by atoms with van der Waals surface area (Å²) in [5.74, 6) is 0.395. The fourth-order valence-corrected chi connectivity index (χ4v) is 3.83. The van der Waals surface area contributed by atoms with Crippen LogP contribution in [0.15, 0.2) is 85.1 Å². The molecule has 0 atom stereocenters. The average Bonchev–Trinajstić information content (AvgIpc) is 3.26. The molecular weight excluding hydrogens is 476 g/mol. The van der Waals surface area contributed by atoms with E-state index in [2.05, 4.69) is 31.2 Å². The van der Waals surface area contributed by atoms with Crippen molar-refractivity contribution >= 4 is 64.0 Å². The van der Waals surface area contributed by atoms with Crippen molar-refractivity contribution in [1.29, 1.82) is 0 Å². The van der Waals surface area contributed by atoms with Crippen LogP contribution in [0.5, 0.6) is 0 Å². The van der Waals surface area contributed by atoms with E-state index >= 15 is 0 Å². The number of para-hydroxylation sites is 2. The fraction of sp³-hybridized carbons (Fsp3) is 0.0370. The molecule has 0 spiro atoms. The molecule has 0 bridgehead atoms. The number of hydrogen-bond acceptors (Lipinski definition) is 6. The van der Waals surface area contributed by atoms with Crippen molar-refractivity contribution < 1.29 is 9.59 Å². The Balaban J connectivity index is 1.31. The molecule has 1 aromatic heterocycles. The second-order valence-corrected chi connectivity index (χ2v) is 8.42. The molecule has 1 aliphatic rings. The Morgan fingerprint density at radius 2 is 1.75 bits per heavy atom. The zero-order chi connectivity index (χ0) is 24.9. The maximum absolute atomic E-state index is 12.5. The van der Waals surface area contributed by atoms with Gasteiger partial charge in [-0.05, 0) is 47.5 Å². The highest BCUT2D eigenvalue weighted by Crippen LogP contribution is 2.30. The van der Waals surface area contributed by atoms with Crippen molar-refractivity contribution in [3.8, 4) is 0 Å². The molecule has 2 heterocycles. The normalized spacial score (nSPS) is 12.2. The molecule has 0 radical (unpaired) electrons. The molecule has 1 aliphatic heterocycles. The number of amides is 2. The minimum atomic E-state index is -0.270. The molecule has 4 N–H and O–H groups in total. The maximum Gasteiger partial charge on any atom is 0.248 e. The van der Waals surface area contributed by atoms with Crippen LogP contribution in [0.1, 0.15) is 11.1 Å². The molecule has 0 saturated carbocycles. The Bertz CT molecular complexity index is 1470. The average molecular weight is 497 g/mol. The van der Waals surface area contributed by atoms with Gasteiger partial charge in [0.25, 0.3) is 0 Å². The summed E-state index contributed by atoms with van der Waals surface area (Å²) in [6, 6.07) is 22.4. The lowest BCUT2D eigenvalue weighted by molar-refractivity contribution is -0.115. The van der Waals surface area contributed by atoms with Crippen molar-refractivity contribution in [3.63, 3.8) is 0 Å². The fourth-order valence-electron chi connectivity index (χ4n) is 3.69. The Morgan fingerprint density at radius 3 is 2.58 bits per heavy atom. The van der Waals surface area contributed by atoms with E-state index in [0.29, 0.717) is 34.6 Å². The Kier molecular flexibility index (Phi) is 6.59. The molecule has 36 heavy (non-hydrogen) atoms. The van der Waals surface area contributed by atoms with Gasteiger partial charge in [0, 0.05) is 17.5 Å². The largest absolute Gasteiger partial charge is 0.337 e. The number of anilines is 6. The standard InChI is InChI=1S/C27H21ClN6O2/c28-20-16-29-27(30-19-11-12-21-18(14-19)15-25(36)31-21)34-26(20)33-23-9-5-4-8-22(23)32-24(35)13-10-17-6-2-1-3-7-17/h1-14,16H,15H2,(H,31,36)(H,32,35)(H2,29,30,33,34)/b13-10+. The number of nitrogens with one attached hydrogen (secondary N) is 4. The number of fused-ring (bicyclic) bond motifs is 1. The number of rotatable bonds is 7. The Morgan fingerprint density at radius 1 is 0.972 bits per heavy atom. The molecule has 0 unspecified atom stereocenters. The van der Waals surface area contributed by atoms with E-state index in [0.717, 1.165) is 22.5 Å². The quantitative estimate of drug-likeness (QED) is 0.242. The highest BCUT2D eigenvalue weighted by Gasteiger charge is 2.18. The molecule has 2 amide bonds. The first-order chi connectivity index (χ1) is 17.5. The molecule has 0 saturated heterocycles. The van der Waals surface area contributed by atoms with Crippen LogP contribution in [-0.4, -0.2) is 21.8 Å². The van der Waals surface area contributed by atoms with E-state index < -0.39 is 0 Å². The summed E-state index contributed by atoms with van der Waals surface area (Å²) >= 11 is 6.36. The minimum absolute atomic E-state index is 0.0299. The molecule has 0 fully saturated rings. The van der Waals surface area contributed by atoms with Crippen molar-refractivity contribution in [3.05, 3.63) is 101 Å². The van der Waals surface area contributed by atoms with Crippen molar-refractivity contribution in [1.82, 2.24) is 9.97 Å². The zero-order valence-corrected chi connectivity index (χ0v) is 19.7. The van der Waals surface area contributed by atoms with Gasteiger partial charge in [-0.3, -0.25) is 9.59 Å². The lowest BCUT2D eigenvalue weighted by Gasteiger charge is -2.14. The third-order valence-corrected chi connectivity index (χ3v) is 5.67. The number of nitrogens with zero attached hydrogens (tertiary/aromatic N) is 2. The van der Waals surface area contributed by atoms with Gasteiger partial charge in [-0.15, -0.1) is 0 Å². The van der Waals surface area contributed by atoms with Gasteiger partial charge in [0.15, 0.2) is 5.82 Å². The molecule has 0 aliphatic carbocycles. The maximum atomic E-state index is 12.5. The number of benzene rings is 3. The second kappa shape index (κ2) is 10.3. The summed E-state index contributed by atoms with van der Waals surface area (Å²) in [7, 11) is 0. The van der Waals surface area contributed by atoms with Crippen molar-refractivity contribution in [2.24, 2.45) is 0 Å². The summed E-state index contributed by atoms with van der Waals surface area (Å²) in [6.07, 6.45) is 5.05. The third-order valence-electron chi connectivity index (χ3n) is 5.40. The van der Waals surface area contributed by atoms with Crippen molar-refractivity contribution in [2.45, 2.75) is 6.42 Å². The molecule has 9 heteroatoms. The Hall–Kier alpha value is -4.69. The van der Waals surface area contributed by atoms with Gasteiger partial charge in [0.2, 0.25) is 17.8 Å². The van der Waals surface area contributed by atoms with E-state index in [1.54, 1.807) is 12.1 Å². The van der Waals surface area contributed by atoms with Crippen LogP contribution in [0.2, 0.25) is 5.02 Å². The van der Waals surface area contributed by atoms with Crippen LogP contribution >= 0.6 is 11.6 Å². The smallest absolute Gasteiger partial charge is 0.248 e. The summed E-state index contributed by atoms with van der Waals surface area (Å²) in [6.45, 7) is 0. The number of carbonyl (C=O) groups excluding carboxylic acids is 2. The lowest BCUT2D eigenvalue weighted by atomic mass is 10.1. The lowest BCUT2D eigenvalue weighted by Crippen LogP contribution is -2.10. The highest BCUT2D eigenvalue weighted by molar-refractivity contribution is 6.33. The Labute approximate surface area is 212 Å². The van der Waals surface area contributed by atoms with Crippen molar-refractivity contribution in [2.75, 3.05) is 21.3 Å². The van der Waals surface area contributed by atoms with Crippen LogP contribution in [0.4, 0.5) is 34.5 Å². The zero-order valence-electron chi connectivity index (χ0n) is 19.0. The first-order valence-corrected chi connectivity index (χ1v) is 11.5. The minimum Gasteiger partial charge on any atom is -0.337 e. The molecule has 178 valence electrons. The van der Waals surface area contributed by atoms with E-state index in [1.807, 2.05) is 66.7 Å². The third kappa shape index (κ3) is 5.51. The molecule has 8 nitrogen and oxygen atoms in total. The van der Waals surface area contributed by atoms with Gasteiger partial charge in [-0.2, -0.15) is 4.98 Å². The van der Waals surface area contributed by atoms with Gasteiger partial charge < -0.3 is 21.3 Å². The first kappa shape index (κ1) is 23.1. The van der Waals surface area contributed by atoms with Gasteiger partial charge in [-0.25, -0.2) is 4.98 Å². The van der Waals surface area contributed by atoms with Gasteiger partial charge >= 0.3 is 0 Å². The highest BCUT2D eigenvalue weighted by atomic mass is 35.5. The van der Waals surface area contributed by atoms with E-state index in [-0.39, 0.29) is 11.8 Å². The van der Waals surface area contributed by atoms with E-state index in [4.69, 9.17) is 11.6 Å². The monoisotopic (exact) mass is 496 g/mol. The number of halogens is 1. The summed E-state index contributed by atoms with van der Waals surface area (Å²) in [5, 5.41) is 12.3. The molecule has 5 rings (SSSR count). The van der Waals surface area contributed by atoms with Crippen LogP contribution in [0.3, 0.4) is 0 Å². The van der Waals surface area contributed by atoms with Crippen LogP contribution in [-0.2, 0) is 16.0 Å². The van der Waals surface area contributed by atoms with Gasteiger partial charge in [-0.1, -0.05) is 54.1 Å². The number of carbonyl (C=O) groups is 2. The summed E-state index contributed by atoms with van der Waals surface area (Å²) in [4.78, 5) is 32.9. The van der Waals surface area contributed by atoms with Crippen LogP contribution in [0.25, 0.3) is 6.08 Å². The molecular formula is C27H21ClN6O2. The van der Waals surface area contributed by atoms with Crippen LogP contribution < -0.4 is 21.3 Å². The predicted molar refractivity (Wildman–Crippen MR) is 143 cm³/mol. The summed E-state index contributed by atoms with van der Waals surface area (Å²) in [5.41, 5.74) is 4.58. The SMILES string of the molecule is O=C(/C=C/c1ccccc1)Nc1ccccc1Nc1nc(Nc2ccc3c(c2)CC(=O)N3)ncc1Cl.